The Morgan fingerprint density at radius 3 is 0.226 bits per heavy atom. The summed E-state index contributed by atoms with van der Waals surface area (Å²) in [5, 5.41) is 0. The summed E-state index contributed by atoms with van der Waals surface area (Å²) in [7, 11) is 0. The fourth-order valence-electron chi connectivity index (χ4n) is 3.74. The summed E-state index contributed by atoms with van der Waals surface area (Å²) < 4.78 is 48.4. The Morgan fingerprint density at radius 2 is 0.214 bits per heavy atom. The fourth-order valence-corrected chi connectivity index (χ4v) is 3.74. The minimum Gasteiger partial charge on any atom is -0.466 e. The Bertz CT molecular complexity index is 1020. The molecule has 22 heteroatoms. The van der Waals surface area contributed by atoms with E-state index in [2.05, 4.69) is 93.6 Å². The molecule has 0 bridgehead atoms. The van der Waals surface area contributed by atoms with E-state index < -0.39 is 0 Å². The zero-order valence-electron chi connectivity index (χ0n) is 58.7. The molecule has 0 aliphatic carbocycles. The molecule has 0 rings (SSSR count). The smallest absolute Gasteiger partial charge is 0.302 e. The van der Waals surface area contributed by atoms with Crippen molar-refractivity contribution in [1.82, 2.24) is 0 Å². The van der Waals surface area contributed by atoms with Crippen molar-refractivity contribution in [2.45, 2.75) is 271 Å². The lowest BCUT2D eigenvalue weighted by atomic mass is 10.2. The van der Waals surface area contributed by atoms with Crippen molar-refractivity contribution in [2.24, 2.45) is 0 Å². The Morgan fingerprint density at radius 1 is 0.155 bits per heavy atom. The number of carbonyl (C=O) groups excluding carboxylic acids is 11. The van der Waals surface area contributed by atoms with E-state index in [0.29, 0.717) is 72.7 Å². The predicted octanol–water partition coefficient (Wildman–Crippen LogP) is 14.0. The number of carbonyl (C=O) groups is 11. The fraction of sp³-hybridized carbons (Fsp3) is 0.823. The molecule has 0 heterocycles. The first kappa shape index (κ1) is 113. The van der Waals surface area contributed by atoms with E-state index in [1.54, 1.807) is 76.2 Å². The van der Waals surface area contributed by atoms with E-state index in [-0.39, 0.29) is 65.7 Å². The van der Waals surface area contributed by atoms with Crippen molar-refractivity contribution < 1.29 is 105 Å². The van der Waals surface area contributed by atoms with E-state index in [1.165, 1.54) is 153 Å². The van der Waals surface area contributed by atoms with Crippen LogP contribution in [-0.4, -0.2) is 138 Å². The van der Waals surface area contributed by atoms with Gasteiger partial charge in [-0.2, -0.15) is 0 Å². The summed E-state index contributed by atoms with van der Waals surface area (Å²) in [4.78, 5) is 108. The monoisotopic (exact) mass is 1230 g/mol. The van der Waals surface area contributed by atoms with Gasteiger partial charge in [0, 0.05) is 76.2 Å². The Balaban J connectivity index is -0.0000000524. The highest BCUT2D eigenvalue weighted by molar-refractivity contribution is 5.68. The van der Waals surface area contributed by atoms with Gasteiger partial charge in [-0.05, 0) is 76.2 Å². The predicted molar refractivity (Wildman–Crippen MR) is 335 cm³/mol. The summed E-state index contributed by atoms with van der Waals surface area (Å²) in [6.45, 7) is 53.6. The maximum absolute atomic E-state index is 9.82. The molecule has 0 aromatic carbocycles. The first-order valence-corrected chi connectivity index (χ1v) is 29.7. The molecule has 22 nitrogen and oxygen atoms in total. The number of esters is 11. The van der Waals surface area contributed by atoms with Crippen LogP contribution in [0, 0.1) is 0 Å². The molecule has 0 aliphatic heterocycles. The van der Waals surface area contributed by atoms with Gasteiger partial charge in [0.05, 0.1) is 72.7 Å². The second kappa shape index (κ2) is 120. The second-order valence-electron chi connectivity index (χ2n) is 15.3. The van der Waals surface area contributed by atoms with Gasteiger partial charge < -0.3 is 52.1 Å². The molecule has 0 radical (unpaired) electrons. The van der Waals surface area contributed by atoms with Gasteiger partial charge in [-0.15, -0.1) is 0 Å². The van der Waals surface area contributed by atoms with Crippen molar-refractivity contribution in [1.29, 1.82) is 0 Å². The van der Waals surface area contributed by atoms with Gasteiger partial charge in [-0.1, -0.05) is 119 Å². The summed E-state index contributed by atoms with van der Waals surface area (Å²) >= 11 is 0. The van der Waals surface area contributed by atoms with Crippen molar-refractivity contribution in [3.8, 4) is 0 Å². The van der Waals surface area contributed by atoms with Gasteiger partial charge in [-0.25, -0.2) is 0 Å². The van der Waals surface area contributed by atoms with Crippen LogP contribution in [0.15, 0.2) is 0 Å². The van der Waals surface area contributed by atoms with Crippen LogP contribution >= 0.6 is 0 Å². The van der Waals surface area contributed by atoms with Crippen LogP contribution in [0.1, 0.15) is 271 Å². The number of unbranched alkanes of at least 4 members (excludes halogenated alkanes) is 9. The molecule has 0 saturated carbocycles. The van der Waals surface area contributed by atoms with Gasteiger partial charge in [0.2, 0.25) is 0 Å². The summed E-state index contributed by atoms with van der Waals surface area (Å²) in [5.74, 6) is -2.32. The molecule has 0 N–H and O–H groups in total. The third-order valence-electron chi connectivity index (χ3n) is 6.69. The van der Waals surface area contributed by atoms with E-state index in [0.717, 1.165) is 0 Å². The molecule has 0 saturated heterocycles. The molecule has 0 atom stereocenters. The third kappa shape index (κ3) is 329. The van der Waals surface area contributed by atoms with Crippen molar-refractivity contribution >= 4 is 65.7 Å². The van der Waals surface area contributed by atoms with Crippen LogP contribution < -0.4 is 0 Å². The molecule has 0 unspecified atom stereocenters. The quantitative estimate of drug-likeness (QED) is 0.0621. The highest BCUT2D eigenvalue weighted by Crippen LogP contribution is 1.96. The molecule has 84 heavy (non-hydrogen) atoms. The third-order valence-corrected chi connectivity index (χ3v) is 6.69. The van der Waals surface area contributed by atoms with E-state index in [1.807, 2.05) is 0 Å². The lowest BCUT2D eigenvalue weighted by molar-refractivity contribution is -0.141. The first-order valence-electron chi connectivity index (χ1n) is 29.7. The minimum absolute atomic E-state index is 0.211. The van der Waals surface area contributed by atoms with E-state index in [9.17, 15) is 52.7 Å². The van der Waals surface area contributed by atoms with Gasteiger partial charge in [0.1, 0.15) is 0 Å². The lowest BCUT2D eigenvalue weighted by Crippen LogP contribution is -1.95. The summed E-state index contributed by atoms with van der Waals surface area (Å²) in [5.41, 5.74) is 0. The van der Waals surface area contributed by atoms with Crippen LogP contribution in [-0.2, 0) is 105 Å². The summed E-state index contributed by atoms with van der Waals surface area (Å²) in [6, 6.07) is 0. The molecule has 0 aromatic heterocycles. The molecule has 510 valence electrons. The zero-order chi connectivity index (χ0) is 69.4. The molecule has 0 aromatic rings. The van der Waals surface area contributed by atoms with E-state index in [4.69, 9.17) is 0 Å². The maximum atomic E-state index is 9.82. The van der Waals surface area contributed by atoms with Gasteiger partial charge >= 0.3 is 65.7 Å². The van der Waals surface area contributed by atoms with Gasteiger partial charge in [-0.3, -0.25) is 52.7 Å². The molecule has 0 aliphatic rings. The zero-order valence-corrected chi connectivity index (χ0v) is 58.7. The first-order chi connectivity index (χ1) is 39.2. The van der Waals surface area contributed by atoms with Crippen LogP contribution in [0.4, 0.5) is 0 Å². The standard InChI is InChI=1S/3C6H14.11C4H8O2/c3*1-3-5-6-4-2;11*1-3-6-4(2)5/h3*3-6H2,1-2H3;11*3H2,1-2H3. The van der Waals surface area contributed by atoms with Gasteiger partial charge in [0.25, 0.3) is 0 Å². The molecule has 0 spiro atoms. The highest BCUT2D eigenvalue weighted by atomic mass is 16.6. The SMILES string of the molecule is CCCCCC.CCCCCC.CCCCCC.CCOC(C)=O.CCOC(C)=O.CCOC(C)=O.CCOC(C)=O.CCOC(C)=O.CCOC(C)=O.CCOC(C)=O.CCOC(C)=O.CCOC(C)=O.CCOC(C)=O.CCOC(C)=O. The number of hydrogen-bond acceptors (Lipinski definition) is 22. The van der Waals surface area contributed by atoms with Crippen LogP contribution in [0.2, 0.25) is 0 Å². The molecule has 0 amide bonds. The summed E-state index contributed by atoms with van der Waals surface area (Å²) in [6.07, 6.45) is 16.6. The normalized spacial score (nSPS) is 7.95. The lowest BCUT2D eigenvalue weighted by Gasteiger charge is -1.89. The van der Waals surface area contributed by atoms with Crippen molar-refractivity contribution in [3.63, 3.8) is 0 Å². The highest BCUT2D eigenvalue weighted by Gasteiger charge is 1.87. The number of ether oxygens (including phenoxy) is 11. The average molecular weight is 1230 g/mol. The second-order valence-corrected chi connectivity index (χ2v) is 15.3. The minimum atomic E-state index is -0.211. The number of rotatable bonds is 20. The van der Waals surface area contributed by atoms with Crippen molar-refractivity contribution in [2.75, 3.05) is 72.7 Å². The molecular formula is C62H130O22. The average Bonchev–Trinajstić information content (AvgIpc) is 3.36. The molecular weight excluding hydrogens is 1100 g/mol. The Labute approximate surface area is 512 Å². The Kier molecular flexibility index (Phi) is 161. The molecule has 0 fully saturated rings. The van der Waals surface area contributed by atoms with E-state index >= 15 is 0 Å². The maximum Gasteiger partial charge on any atom is 0.302 e. The number of hydrogen-bond donors (Lipinski definition) is 0. The van der Waals surface area contributed by atoms with Crippen LogP contribution in [0.25, 0.3) is 0 Å². The van der Waals surface area contributed by atoms with Gasteiger partial charge in [0.15, 0.2) is 0 Å². The van der Waals surface area contributed by atoms with Crippen LogP contribution in [0.3, 0.4) is 0 Å². The topological polar surface area (TPSA) is 289 Å². The Hall–Kier alpha value is -5.83. The van der Waals surface area contributed by atoms with Crippen LogP contribution in [0.5, 0.6) is 0 Å². The van der Waals surface area contributed by atoms with Crippen molar-refractivity contribution in [3.05, 3.63) is 0 Å². The largest absolute Gasteiger partial charge is 0.466 e.